The van der Waals surface area contributed by atoms with E-state index >= 15 is 0 Å². The van der Waals surface area contributed by atoms with Gasteiger partial charge in [-0.25, -0.2) is 19.2 Å². The van der Waals surface area contributed by atoms with E-state index in [-0.39, 0.29) is 6.03 Å². The maximum absolute atomic E-state index is 14.6. The number of amides is 2. The van der Waals surface area contributed by atoms with Gasteiger partial charge in [-0.3, -0.25) is 14.4 Å². The first-order chi connectivity index (χ1) is 14.7. The molecule has 150 valence electrons. The predicted octanol–water partition coefficient (Wildman–Crippen LogP) is 3.62. The second-order valence-electron chi connectivity index (χ2n) is 7.04. The molecule has 1 saturated heterocycles. The molecular formula is C21H18FN7O. The van der Waals surface area contributed by atoms with Crippen molar-refractivity contribution < 1.29 is 9.18 Å². The fourth-order valence-corrected chi connectivity index (χ4v) is 3.56. The Morgan fingerprint density at radius 1 is 1.03 bits per heavy atom. The van der Waals surface area contributed by atoms with E-state index in [9.17, 15) is 9.18 Å². The highest BCUT2D eigenvalue weighted by Gasteiger charge is 2.19. The smallest absolute Gasteiger partial charge is 0.321 e. The maximum Gasteiger partial charge on any atom is 0.321 e. The number of likely N-dealkylation sites (tertiary alicyclic amines) is 1. The van der Waals surface area contributed by atoms with Crippen molar-refractivity contribution in [3.8, 4) is 22.6 Å². The average molecular weight is 403 g/mol. The van der Waals surface area contributed by atoms with Gasteiger partial charge in [0.25, 0.3) is 0 Å². The van der Waals surface area contributed by atoms with Crippen LogP contribution in [0.25, 0.3) is 28.4 Å². The summed E-state index contributed by atoms with van der Waals surface area (Å²) in [6, 6.07) is 6.01. The zero-order valence-corrected chi connectivity index (χ0v) is 16.0. The van der Waals surface area contributed by atoms with Gasteiger partial charge < -0.3 is 10.2 Å². The van der Waals surface area contributed by atoms with Crippen molar-refractivity contribution in [1.82, 2.24) is 29.2 Å². The van der Waals surface area contributed by atoms with Crippen LogP contribution in [0.3, 0.4) is 0 Å². The summed E-state index contributed by atoms with van der Waals surface area (Å²) in [7, 11) is 0. The fourth-order valence-electron chi connectivity index (χ4n) is 3.56. The van der Waals surface area contributed by atoms with Crippen LogP contribution in [0, 0.1) is 5.82 Å². The molecule has 8 nitrogen and oxygen atoms in total. The van der Waals surface area contributed by atoms with Crippen molar-refractivity contribution in [2.75, 3.05) is 18.4 Å². The van der Waals surface area contributed by atoms with Crippen molar-refractivity contribution >= 4 is 17.5 Å². The Morgan fingerprint density at radius 2 is 1.90 bits per heavy atom. The lowest BCUT2D eigenvalue weighted by Crippen LogP contribution is -2.32. The van der Waals surface area contributed by atoms with E-state index in [0.717, 1.165) is 31.6 Å². The standard InChI is InChI=1S/C21H18FN7O/c22-16-4-3-14(26-21(30)28-8-1-2-9-28)11-15(16)17-5-10-29-19(13-25-20(29)27-17)18-12-23-6-7-24-18/h3-7,10-13H,1-2,8-9H2,(H,26,30). The molecule has 2 amide bonds. The third-order valence-corrected chi connectivity index (χ3v) is 5.09. The van der Waals surface area contributed by atoms with Crippen molar-refractivity contribution in [3.05, 3.63) is 61.1 Å². The number of aromatic nitrogens is 5. The number of rotatable bonds is 3. The van der Waals surface area contributed by atoms with Gasteiger partial charge in [-0.1, -0.05) is 0 Å². The predicted molar refractivity (Wildman–Crippen MR) is 109 cm³/mol. The molecule has 0 aliphatic carbocycles. The van der Waals surface area contributed by atoms with E-state index in [0.29, 0.717) is 28.4 Å². The van der Waals surface area contributed by atoms with Gasteiger partial charge in [0.05, 0.1) is 23.8 Å². The van der Waals surface area contributed by atoms with Gasteiger partial charge in [0, 0.05) is 42.9 Å². The number of urea groups is 1. The normalized spacial score (nSPS) is 13.7. The zero-order valence-electron chi connectivity index (χ0n) is 16.0. The summed E-state index contributed by atoms with van der Waals surface area (Å²) in [4.78, 5) is 31.3. The molecule has 9 heteroatoms. The van der Waals surface area contributed by atoms with Crippen LogP contribution in [0.5, 0.6) is 0 Å². The van der Waals surface area contributed by atoms with Crippen molar-refractivity contribution in [2.45, 2.75) is 12.8 Å². The van der Waals surface area contributed by atoms with Crippen molar-refractivity contribution in [2.24, 2.45) is 0 Å². The molecule has 0 saturated carbocycles. The summed E-state index contributed by atoms with van der Waals surface area (Å²) in [5, 5.41) is 2.84. The SMILES string of the molecule is O=C(Nc1ccc(F)c(-c2ccn3c(-c4cnccn4)cnc3n2)c1)N1CCCC1. The Bertz CT molecular complexity index is 1220. The van der Waals surface area contributed by atoms with Crippen LogP contribution in [-0.2, 0) is 0 Å². The number of fused-ring (bicyclic) bond motifs is 1. The summed E-state index contributed by atoms with van der Waals surface area (Å²) in [5.41, 5.74) is 2.64. The van der Waals surface area contributed by atoms with Gasteiger partial charge in [0.15, 0.2) is 0 Å². The quantitative estimate of drug-likeness (QED) is 0.564. The summed E-state index contributed by atoms with van der Waals surface area (Å²) in [5.74, 6) is -0.00853. The van der Waals surface area contributed by atoms with E-state index in [1.54, 1.807) is 58.5 Å². The third-order valence-electron chi connectivity index (χ3n) is 5.09. The van der Waals surface area contributed by atoms with E-state index in [1.165, 1.54) is 6.07 Å². The first kappa shape index (κ1) is 18.2. The van der Waals surface area contributed by atoms with Gasteiger partial charge in [0.1, 0.15) is 11.5 Å². The zero-order chi connectivity index (χ0) is 20.5. The highest BCUT2D eigenvalue weighted by molar-refractivity contribution is 5.90. The van der Waals surface area contributed by atoms with Crippen LogP contribution in [0.1, 0.15) is 12.8 Å². The van der Waals surface area contributed by atoms with Gasteiger partial charge >= 0.3 is 6.03 Å². The van der Waals surface area contributed by atoms with E-state index in [4.69, 9.17) is 0 Å². The Labute approximate surface area is 171 Å². The molecule has 0 bridgehead atoms. The van der Waals surface area contributed by atoms with Gasteiger partial charge in [-0.2, -0.15) is 0 Å². The Kier molecular flexibility index (Phi) is 4.55. The second kappa shape index (κ2) is 7.51. The lowest BCUT2D eigenvalue weighted by molar-refractivity contribution is 0.222. The Hall–Kier alpha value is -3.88. The highest BCUT2D eigenvalue weighted by Crippen LogP contribution is 2.26. The molecule has 4 aromatic rings. The molecule has 1 aromatic carbocycles. The molecule has 1 aliphatic rings. The van der Waals surface area contributed by atoms with Crippen molar-refractivity contribution in [1.29, 1.82) is 0 Å². The minimum Gasteiger partial charge on any atom is -0.325 e. The molecule has 30 heavy (non-hydrogen) atoms. The summed E-state index contributed by atoms with van der Waals surface area (Å²) in [6.07, 6.45) is 10.3. The van der Waals surface area contributed by atoms with Crippen LogP contribution < -0.4 is 5.32 Å². The number of nitrogens with zero attached hydrogens (tertiary/aromatic N) is 6. The monoisotopic (exact) mass is 403 g/mol. The minimum atomic E-state index is -0.424. The number of carbonyl (C=O) groups excluding carboxylic acids is 1. The summed E-state index contributed by atoms with van der Waals surface area (Å²) >= 11 is 0. The molecule has 1 aliphatic heterocycles. The second-order valence-corrected chi connectivity index (χ2v) is 7.04. The Balaban J connectivity index is 1.47. The number of benzene rings is 1. The first-order valence-corrected chi connectivity index (χ1v) is 9.65. The molecule has 1 N–H and O–H groups in total. The molecule has 0 radical (unpaired) electrons. The molecule has 0 atom stereocenters. The molecule has 0 spiro atoms. The number of imidazole rings is 1. The number of carbonyl (C=O) groups is 1. The average Bonchev–Trinajstić information content (AvgIpc) is 3.45. The van der Waals surface area contributed by atoms with Gasteiger partial charge in [-0.15, -0.1) is 0 Å². The molecule has 3 aromatic heterocycles. The lowest BCUT2D eigenvalue weighted by atomic mass is 10.1. The van der Waals surface area contributed by atoms with E-state index in [2.05, 4.69) is 25.3 Å². The highest BCUT2D eigenvalue weighted by atomic mass is 19.1. The molecular weight excluding hydrogens is 385 g/mol. The van der Waals surface area contributed by atoms with Gasteiger partial charge in [0.2, 0.25) is 5.78 Å². The lowest BCUT2D eigenvalue weighted by Gasteiger charge is -2.16. The minimum absolute atomic E-state index is 0.171. The first-order valence-electron chi connectivity index (χ1n) is 9.65. The summed E-state index contributed by atoms with van der Waals surface area (Å²) in [6.45, 7) is 1.48. The molecule has 4 heterocycles. The van der Waals surface area contributed by atoms with Crippen LogP contribution >= 0.6 is 0 Å². The Morgan fingerprint density at radius 3 is 2.70 bits per heavy atom. The summed E-state index contributed by atoms with van der Waals surface area (Å²) < 4.78 is 16.3. The van der Waals surface area contributed by atoms with Gasteiger partial charge in [-0.05, 0) is 37.1 Å². The van der Waals surface area contributed by atoms with E-state index in [1.807, 2.05) is 0 Å². The largest absolute Gasteiger partial charge is 0.325 e. The molecule has 5 rings (SSSR count). The molecule has 0 unspecified atom stereocenters. The van der Waals surface area contributed by atoms with Crippen molar-refractivity contribution in [3.63, 3.8) is 0 Å². The third kappa shape index (κ3) is 3.34. The van der Waals surface area contributed by atoms with Crippen LogP contribution in [-0.4, -0.2) is 48.4 Å². The molecule has 1 fully saturated rings. The van der Waals surface area contributed by atoms with Crippen LogP contribution in [0.4, 0.5) is 14.9 Å². The number of hydrogen-bond donors (Lipinski definition) is 1. The van der Waals surface area contributed by atoms with Crippen LogP contribution in [0.2, 0.25) is 0 Å². The topological polar surface area (TPSA) is 88.3 Å². The number of nitrogens with one attached hydrogen (secondary N) is 1. The number of anilines is 1. The fraction of sp³-hybridized carbons (Fsp3) is 0.190. The van der Waals surface area contributed by atoms with Crippen LogP contribution in [0.15, 0.2) is 55.2 Å². The number of hydrogen-bond acceptors (Lipinski definition) is 5. The number of halogens is 1. The maximum atomic E-state index is 14.6. The van der Waals surface area contributed by atoms with E-state index < -0.39 is 5.82 Å².